The number of amides is 2. The van der Waals surface area contributed by atoms with Crippen LogP contribution >= 0.6 is 0 Å². The maximum absolute atomic E-state index is 12.3. The zero-order chi connectivity index (χ0) is 15.7. The predicted molar refractivity (Wildman–Crippen MR) is 79.9 cm³/mol. The number of carbonyl (C=O) groups is 2. The van der Waals surface area contributed by atoms with Crippen molar-refractivity contribution >= 4 is 11.8 Å². The summed E-state index contributed by atoms with van der Waals surface area (Å²) in [7, 11) is 1.73. The van der Waals surface area contributed by atoms with E-state index in [2.05, 4.69) is 20.1 Å². The van der Waals surface area contributed by atoms with Gasteiger partial charge >= 0.3 is 0 Å². The highest BCUT2D eigenvalue weighted by Gasteiger charge is 2.33. The molecule has 0 unspecified atom stereocenters. The number of aryl methyl sites for hydroxylation is 1. The number of hydrogen-bond donors (Lipinski definition) is 1. The Bertz CT molecular complexity index is 582. The SMILES string of the molecule is C[C@@H](NC(=O)[C@H]1CC(=O)N(C)C1)c1nnc2n1CCCCC2. The number of nitrogens with zero attached hydrogens (tertiary/aromatic N) is 4. The highest BCUT2D eigenvalue weighted by molar-refractivity contribution is 5.89. The van der Waals surface area contributed by atoms with Gasteiger partial charge < -0.3 is 14.8 Å². The van der Waals surface area contributed by atoms with E-state index in [0.717, 1.165) is 37.5 Å². The van der Waals surface area contributed by atoms with Crippen LogP contribution in [0.1, 0.15) is 50.3 Å². The quantitative estimate of drug-likeness (QED) is 0.889. The summed E-state index contributed by atoms with van der Waals surface area (Å²) in [5.74, 6) is 1.54. The summed E-state index contributed by atoms with van der Waals surface area (Å²) in [6.45, 7) is 3.35. The van der Waals surface area contributed by atoms with Crippen molar-refractivity contribution < 1.29 is 9.59 Å². The van der Waals surface area contributed by atoms with Crippen LogP contribution in [0.15, 0.2) is 0 Å². The number of nitrogens with one attached hydrogen (secondary N) is 1. The second-order valence-corrected chi connectivity index (χ2v) is 6.34. The molecule has 1 N–H and O–H groups in total. The smallest absolute Gasteiger partial charge is 0.226 e. The molecule has 1 saturated heterocycles. The number of carbonyl (C=O) groups excluding carboxylic acids is 2. The Morgan fingerprint density at radius 3 is 2.86 bits per heavy atom. The lowest BCUT2D eigenvalue weighted by Crippen LogP contribution is -2.35. The molecule has 2 atom stereocenters. The van der Waals surface area contributed by atoms with Crippen molar-refractivity contribution in [2.45, 2.75) is 51.6 Å². The van der Waals surface area contributed by atoms with Crippen molar-refractivity contribution in [3.05, 3.63) is 11.6 Å². The highest BCUT2D eigenvalue weighted by Crippen LogP contribution is 2.21. The van der Waals surface area contributed by atoms with Gasteiger partial charge in [-0.25, -0.2) is 0 Å². The van der Waals surface area contributed by atoms with Gasteiger partial charge in [-0.15, -0.1) is 10.2 Å². The fourth-order valence-electron chi connectivity index (χ4n) is 3.26. The molecule has 3 rings (SSSR count). The van der Waals surface area contributed by atoms with Gasteiger partial charge in [0.25, 0.3) is 0 Å². The molecule has 1 aromatic heterocycles. The van der Waals surface area contributed by atoms with Crippen LogP contribution in [0, 0.1) is 5.92 Å². The molecule has 0 saturated carbocycles. The van der Waals surface area contributed by atoms with Crippen molar-refractivity contribution in [1.29, 1.82) is 0 Å². The minimum absolute atomic E-state index is 0.0316. The molecule has 0 spiro atoms. The molecule has 0 aromatic carbocycles. The Balaban J connectivity index is 1.67. The van der Waals surface area contributed by atoms with Gasteiger partial charge in [0.15, 0.2) is 5.82 Å². The molecule has 7 nitrogen and oxygen atoms in total. The summed E-state index contributed by atoms with van der Waals surface area (Å²) in [5.41, 5.74) is 0. The first-order chi connectivity index (χ1) is 10.6. The molecule has 2 amide bonds. The lowest BCUT2D eigenvalue weighted by molar-refractivity contribution is -0.128. The van der Waals surface area contributed by atoms with Crippen molar-refractivity contribution in [2.24, 2.45) is 5.92 Å². The van der Waals surface area contributed by atoms with E-state index < -0.39 is 0 Å². The second kappa shape index (κ2) is 6.06. The van der Waals surface area contributed by atoms with E-state index in [9.17, 15) is 9.59 Å². The number of fused-ring (bicyclic) bond motifs is 1. The van der Waals surface area contributed by atoms with Crippen LogP contribution in [0.2, 0.25) is 0 Å². The Morgan fingerprint density at radius 1 is 1.32 bits per heavy atom. The fraction of sp³-hybridized carbons (Fsp3) is 0.733. The third-order valence-corrected chi connectivity index (χ3v) is 4.60. The van der Waals surface area contributed by atoms with Crippen LogP contribution < -0.4 is 5.32 Å². The maximum atomic E-state index is 12.3. The molecule has 1 fully saturated rings. The van der Waals surface area contributed by atoms with Gasteiger partial charge in [0, 0.05) is 33.0 Å². The summed E-state index contributed by atoms with van der Waals surface area (Å²) in [5, 5.41) is 11.5. The lowest BCUT2D eigenvalue weighted by Gasteiger charge is -2.17. The highest BCUT2D eigenvalue weighted by atomic mass is 16.2. The molecule has 2 aliphatic rings. The Kier molecular flexibility index (Phi) is 4.13. The van der Waals surface area contributed by atoms with Crippen LogP contribution in [0.4, 0.5) is 0 Å². The molecular weight excluding hydrogens is 282 g/mol. The van der Waals surface area contributed by atoms with Gasteiger partial charge in [-0.2, -0.15) is 0 Å². The molecule has 0 aliphatic carbocycles. The summed E-state index contributed by atoms with van der Waals surface area (Å²) in [4.78, 5) is 25.5. The van der Waals surface area contributed by atoms with E-state index in [1.165, 1.54) is 6.42 Å². The molecule has 22 heavy (non-hydrogen) atoms. The summed E-state index contributed by atoms with van der Waals surface area (Å²) in [6, 6.07) is -0.187. The molecule has 120 valence electrons. The van der Waals surface area contributed by atoms with E-state index in [4.69, 9.17) is 0 Å². The average Bonchev–Trinajstić information content (AvgIpc) is 2.95. The van der Waals surface area contributed by atoms with E-state index in [0.29, 0.717) is 13.0 Å². The van der Waals surface area contributed by atoms with Crippen molar-refractivity contribution in [2.75, 3.05) is 13.6 Å². The van der Waals surface area contributed by atoms with Gasteiger partial charge in [0.2, 0.25) is 11.8 Å². The minimum Gasteiger partial charge on any atom is -0.346 e. The van der Waals surface area contributed by atoms with Crippen molar-refractivity contribution in [1.82, 2.24) is 25.0 Å². The minimum atomic E-state index is -0.258. The third kappa shape index (κ3) is 2.84. The zero-order valence-corrected chi connectivity index (χ0v) is 13.2. The standard InChI is InChI=1S/C15H23N5O2/c1-10(16-15(22)11-8-13(21)19(2)9-11)14-18-17-12-6-4-3-5-7-20(12)14/h10-11H,3-9H2,1-2H3,(H,16,22)/t10-,11+/m1/s1. The van der Waals surface area contributed by atoms with Gasteiger partial charge in [0.05, 0.1) is 12.0 Å². The molecule has 0 bridgehead atoms. The third-order valence-electron chi connectivity index (χ3n) is 4.60. The van der Waals surface area contributed by atoms with Crippen LogP contribution in [-0.4, -0.2) is 45.1 Å². The van der Waals surface area contributed by atoms with E-state index in [1.807, 2.05) is 6.92 Å². The Hall–Kier alpha value is -1.92. The molecule has 7 heteroatoms. The van der Waals surface area contributed by atoms with Crippen molar-refractivity contribution in [3.63, 3.8) is 0 Å². The topological polar surface area (TPSA) is 80.1 Å². The molecule has 3 heterocycles. The molecule has 0 radical (unpaired) electrons. The van der Waals surface area contributed by atoms with Gasteiger partial charge in [-0.3, -0.25) is 9.59 Å². The van der Waals surface area contributed by atoms with E-state index in [-0.39, 0.29) is 23.8 Å². The lowest BCUT2D eigenvalue weighted by atomic mass is 10.1. The summed E-state index contributed by atoms with van der Waals surface area (Å²) < 4.78 is 2.14. The van der Waals surface area contributed by atoms with Gasteiger partial charge in [-0.05, 0) is 19.8 Å². The first-order valence-corrected chi connectivity index (χ1v) is 8.02. The number of aromatic nitrogens is 3. The normalized spacial score (nSPS) is 23.1. The number of likely N-dealkylation sites (tertiary alicyclic amines) is 1. The largest absolute Gasteiger partial charge is 0.346 e. The summed E-state index contributed by atoms with van der Waals surface area (Å²) in [6.07, 6.45) is 4.73. The maximum Gasteiger partial charge on any atom is 0.226 e. The predicted octanol–water partition coefficient (Wildman–Crippen LogP) is 0.660. The van der Waals surface area contributed by atoms with Crippen LogP contribution in [0.5, 0.6) is 0 Å². The molecular formula is C15H23N5O2. The van der Waals surface area contributed by atoms with Crippen LogP contribution in [-0.2, 0) is 22.6 Å². The van der Waals surface area contributed by atoms with Gasteiger partial charge in [-0.1, -0.05) is 6.42 Å². The number of hydrogen-bond acceptors (Lipinski definition) is 4. The van der Waals surface area contributed by atoms with Crippen molar-refractivity contribution in [3.8, 4) is 0 Å². The average molecular weight is 305 g/mol. The first kappa shape index (κ1) is 15.0. The summed E-state index contributed by atoms with van der Waals surface area (Å²) >= 11 is 0. The number of rotatable bonds is 3. The zero-order valence-electron chi connectivity index (χ0n) is 13.2. The van der Waals surface area contributed by atoms with E-state index in [1.54, 1.807) is 11.9 Å². The monoisotopic (exact) mass is 305 g/mol. The van der Waals surface area contributed by atoms with Crippen LogP contribution in [0.25, 0.3) is 0 Å². The Morgan fingerprint density at radius 2 is 2.14 bits per heavy atom. The molecule has 1 aromatic rings. The second-order valence-electron chi connectivity index (χ2n) is 6.34. The Labute approximate surface area is 130 Å². The van der Waals surface area contributed by atoms with E-state index >= 15 is 0 Å². The van der Waals surface area contributed by atoms with Gasteiger partial charge in [0.1, 0.15) is 5.82 Å². The molecule has 2 aliphatic heterocycles. The first-order valence-electron chi connectivity index (χ1n) is 8.02. The fourth-order valence-corrected chi connectivity index (χ4v) is 3.26. The van der Waals surface area contributed by atoms with Crippen LogP contribution in [0.3, 0.4) is 0 Å².